The Bertz CT molecular complexity index is 864. The molecule has 132 valence electrons. The number of hydrogen-bond acceptors (Lipinski definition) is 3. The summed E-state index contributed by atoms with van der Waals surface area (Å²) in [5.74, 6) is 0.283. The fourth-order valence-electron chi connectivity index (χ4n) is 2.69. The Morgan fingerprint density at radius 3 is 2.35 bits per heavy atom. The first-order valence-electron chi connectivity index (χ1n) is 8.29. The molecular formula is C22H22N2O2. The Kier molecular flexibility index (Phi) is 6.35. The molecule has 0 unspecified atom stereocenters. The summed E-state index contributed by atoms with van der Waals surface area (Å²) in [6, 6.07) is 13.1. The van der Waals surface area contributed by atoms with Gasteiger partial charge in [0.15, 0.2) is 0 Å². The molecule has 0 atom stereocenters. The average Bonchev–Trinajstić information content (AvgIpc) is 2.61. The monoisotopic (exact) mass is 346 g/mol. The molecule has 0 aliphatic carbocycles. The van der Waals surface area contributed by atoms with E-state index in [9.17, 15) is 10.1 Å². The zero-order chi connectivity index (χ0) is 19.1. The van der Waals surface area contributed by atoms with E-state index in [1.807, 2.05) is 39.0 Å². The lowest BCUT2D eigenvalue weighted by atomic mass is 10.0. The molecule has 0 saturated heterocycles. The largest absolute Gasteiger partial charge is 0.490 e. The maximum absolute atomic E-state index is 12.5. The van der Waals surface area contributed by atoms with Gasteiger partial charge in [-0.25, -0.2) is 0 Å². The molecule has 0 aliphatic rings. The standard InChI is InChI=1S/C22H22N2O2/c1-5-10-26-20-8-6-18(7-9-20)13-19(14-23)22(25)24-21-16(3)11-15(2)12-17(21)4/h5-9,11-13H,1,10H2,2-4H3,(H,24,25)/b19-13+. The number of benzene rings is 2. The van der Waals surface area contributed by atoms with Crippen LogP contribution < -0.4 is 10.1 Å². The lowest BCUT2D eigenvalue weighted by Crippen LogP contribution is -2.15. The third-order valence-electron chi connectivity index (χ3n) is 3.84. The molecule has 0 aromatic heterocycles. The van der Waals surface area contributed by atoms with Gasteiger partial charge in [0.1, 0.15) is 24.0 Å². The number of carbonyl (C=O) groups excluding carboxylic acids is 1. The van der Waals surface area contributed by atoms with Crippen molar-refractivity contribution in [1.29, 1.82) is 5.26 Å². The maximum Gasteiger partial charge on any atom is 0.266 e. The summed E-state index contributed by atoms with van der Waals surface area (Å²) in [7, 11) is 0. The van der Waals surface area contributed by atoms with E-state index in [0.717, 1.165) is 27.9 Å². The fraction of sp³-hybridized carbons (Fsp3) is 0.182. The number of nitrogens with zero attached hydrogens (tertiary/aromatic N) is 1. The van der Waals surface area contributed by atoms with Gasteiger partial charge in [-0.15, -0.1) is 0 Å². The van der Waals surface area contributed by atoms with Crippen molar-refractivity contribution in [1.82, 2.24) is 0 Å². The predicted octanol–water partition coefficient (Wildman–Crippen LogP) is 4.72. The van der Waals surface area contributed by atoms with Crippen LogP contribution in [0, 0.1) is 32.1 Å². The number of nitrogens with one attached hydrogen (secondary N) is 1. The average molecular weight is 346 g/mol. The van der Waals surface area contributed by atoms with E-state index in [1.165, 1.54) is 0 Å². The minimum absolute atomic E-state index is 0.0455. The van der Waals surface area contributed by atoms with E-state index in [4.69, 9.17) is 4.74 Å². The molecule has 1 N–H and O–H groups in total. The van der Waals surface area contributed by atoms with Crippen molar-refractivity contribution in [3.8, 4) is 11.8 Å². The van der Waals surface area contributed by atoms with Gasteiger partial charge in [0, 0.05) is 5.69 Å². The number of nitriles is 1. The van der Waals surface area contributed by atoms with Crippen LogP contribution in [0.15, 0.2) is 54.6 Å². The highest BCUT2D eigenvalue weighted by Crippen LogP contribution is 2.23. The van der Waals surface area contributed by atoms with Crippen LogP contribution in [-0.2, 0) is 4.79 Å². The molecule has 2 aromatic carbocycles. The van der Waals surface area contributed by atoms with Gasteiger partial charge in [-0.2, -0.15) is 5.26 Å². The molecular weight excluding hydrogens is 324 g/mol. The van der Waals surface area contributed by atoms with Crippen molar-refractivity contribution in [2.24, 2.45) is 0 Å². The lowest BCUT2D eigenvalue weighted by Gasteiger charge is -2.12. The van der Waals surface area contributed by atoms with E-state index in [-0.39, 0.29) is 5.57 Å². The van der Waals surface area contributed by atoms with Crippen LogP contribution in [0.25, 0.3) is 6.08 Å². The predicted molar refractivity (Wildman–Crippen MR) is 105 cm³/mol. The van der Waals surface area contributed by atoms with Crippen LogP contribution in [0.5, 0.6) is 5.75 Å². The smallest absolute Gasteiger partial charge is 0.266 e. The molecule has 0 bridgehead atoms. The number of anilines is 1. The first kappa shape index (κ1) is 19.0. The minimum atomic E-state index is -0.422. The van der Waals surface area contributed by atoms with E-state index >= 15 is 0 Å². The van der Waals surface area contributed by atoms with Gasteiger partial charge in [-0.1, -0.05) is 42.5 Å². The van der Waals surface area contributed by atoms with Crippen molar-refractivity contribution < 1.29 is 9.53 Å². The normalized spacial score (nSPS) is 10.8. The number of ether oxygens (including phenoxy) is 1. The summed E-state index contributed by atoms with van der Waals surface area (Å²) < 4.78 is 5.42. The zero-order valence-corrected chi connectivity index (χ0v) is 15.3. The second-order valence-electron chi connectivity index (χ2n) is 6.07. The van der Waals surface area contributed by atoms with Crippen LogP contribution in [0.3, 0.4) is 0 Å². The Balaban J connectivity index is 2.20. The number of rotatable bonds is 6. The van der Waals surface area contributed by atoms with Gasteiger partial charge in [-0.3, -0.25) is 4.79 Å². The van der Waals surface area contributed by atoms with E-state index in [2.05, 4.69) is 11.9 Å². The van der Waals surface area contributed by atoms with Gasteiger partial charge in [0.2, 0.25) is 0 Å². The van der Waals surface area contributed by atoms with Crippen molar-refractivity contribution in [3.63, 3.8) is 0 Å². The number of amides is 1. The van der Waals surface area contributed by atoms with Gasteiger partial charge >= 0.3 is 0 Å². The van der Waals surface area contributed by atoms with Crippen LogP contribution in [0.2, 0.25) is 0 Å². The van der Waals surface area contributed by atoms with Gasteiger partial charge in [0.05, 0.1) is 0 Å². The van der Waals surface area contributed by atoms with Crippen molar-refractivity contribution in [2.45, 2.75) is 20.8 Å². The van der Waals surface area contributed by atoms with E-state index in [1.54, 1.807) is 36.4 Å². The third kappa shape index (κ3) is 4.84. The molecule has 0 saturated carbocycles. The molecule has 0 heterocycles. The second-order valence-corrected chi connectivity index (χ2v) is 6.07. The molecule has 2 aromatic rings. The highest BCUT2D eigenvalue weighted by Gasteiger charge is 2.13. The second kappa shape index (κ2) is 8.68. The summed E-state index contributed by atoms with van der Waals surface area (Å²) in [4.78, 5) is 12.5. The lowest BCUT2D eigenvalue weighted by molar-refractivity contribution is -0.112. The summed E-state index contributed by atoms with van der Waals surface area (Å²) in [5.41, 5.74) is 4.61. The fourth-order valence-corrected chi connectivity index (χ4v) is 2.69. The SMILES string of the molecule is C=CCOc1ccc(/C=C(\C#N)C(=O)Nc2c(C)cc(C)cc2C)cc1. The van der Waals surface area contributed by atoms with Crippen LogP contribution in [0.4, 0.5) is 5.69 Å². The molecule has 0 radical (unpaired) electrons. The molecule has 1 amide bonds. The highest BCUT2D eigenvalue weighted by molar-refractivity contribution is 6.10. The van der Waals surface area contributed by atoms with Crippen molar-refractivity contribution in [2.75, 3.05) is 11.9 Å². The summed E-state index contributed by atoms with van der Waals surface area (Å²) >= 11 is 0. The summed E-state index contributed by atoms with van der Waals surface area (Å²) in [5, 5.41) is 12.2. The Hall–Kier alpha value is -3.32. The zero-order valence-electron chi connectivity index (χ0n) is 15.3. The summed E-state index contributed by atoms with van der Waals surface area (Å²) in [6.45, 7) is 9.91. The molecule has 26 heavy (non-hydrogen) atoms. The molecule has 2 rings (SSSR count). The molecule has 0 fully saturated rings. The van der Waals surface area contributed by atoms with Crippen LogP contribution in [-0.4, -0.2) is 12.5 Å². The molecule has 4 nitrogen and oxygen atoms in total. The number of aryl methyl sites for hydroxylation is 3. The Morgan fingerprint density at radius 2 is 1.81 bits per heavy atom. The van der Waals surface area contributed by atoms with Gasteiger partial charge in [0.25, 0.3) is 5.91 Å². The number of hydrogen-bond donors (Lipinski definition) is 1. The van der Waals surface area contributed by atoms with Crippen LogP contribution >= 0.6 is 0 Å². The quantitative estimate of drug-likeness (QED) is 0.467. The number of carbonyl (C=O) groups is 1. The minimum Gasteiger partial charge on any atom is -0.490 e. The van der Waals surface area contributed by atoms with Gasteiger partial charge in [-0.05, 0) is 55.7 Å². The summed E-state index contributed by atoms with van der Waals surface area (Å²) in [6.07, 6.45) is 3.23. The first-order chi connectivity index (χ1) is 12.4. The molecule has 0 aliphatic heterocycles. The van der Waals surface area contributed by atoms with Gasteiger partial charge < -0.3 is 10.1 Å². The van der Waals surface area contributed by atoms with Crippen molar-refractivity contribution in [3.05, 3.63) is 76.9 Å². The van der Waals surface area contributed by atoms with E-state index < -0.39 is 5.91 Å². The third-order valence-corrected chi connectivity index (χ3v) is 3.84. The topological polar surface area (TPSA) is 62.1 Å². The Morgan fingerprint density at radius 1 is 1.19 bits per heavy atom. The van der Waals surface area contributed by atoms with Crippen LogP contribution in [0.1, 0.15) is 22.3 Å². The highest BCUT2D eigenvalue weighted by atomic mass is 16.5. The molecule has 4 heteroatoms. The van der Waals surface area contributed by atoms with E-state index in [0.29, 0.717) is 12.4 Å². The van der Waals surface area contributed by atoms with Crippen molar-refractivity contribution >= 4 is 17.7 Å². The Labute approximate surface area is 154 Å². The molecule has 0 spiro atoms. The first-order valence-corrected chi connectivity index (χ1v) is 8.29. The maximum atomic E-state index is 12.5.